The molecule has 0 fully saturated rings. The summed E-state index contributed by atoms with van der Waals surface area (Å²) in [7, 11) is 0. The van der Waals surface area contributed by atoms with E-state index in [0.717, 1.165) is 0 Å². The number of aryl methyl sites for hydroxylation is 1. The molecule has 1 heterocycles. The van der Waals surface area contributed by atoms with E-state index < -0.39 is 0 Å². The van der Waals surface area contributed by atoms with Crippen molar-refractivity contribution in [2.45, 2.75) is 6.92 Å². The van der Waals surface area contributed by atoms with Crippen LogP contribution in [0.4, 0.5) is 0 Å². The number of hydrogen-bond acceptors (Lipinski definition) is 1. The van der Waals surface area contributed by atoms with Crippen molar-refractivity contribution in [1.29, 1.82) is 0 Å². The van der Waals surface area contributed by atoms with Crippen LogP contribution < -0.4 is 0 Å². The molecule has 0 aliphatic carbocycles. The van der Waals surface area contributed by atoms with E-state index in [2.05, 4.69) is 17.7 Å². The van der Waals surface area contributed by atoms with Gasteiger partial charge >= 0.3 is 0 Å². The summed E-state index contributed by atoms with van der Waals surface area (Å²) in [4.78, 5) is 0. The van der Waals surface area contributed by atoms with Crippen LogP contribution >= 0.6 is 22.7 Å². The Hall–Kier alpha value is 0.0500. The SMILES string of the molecule is Cc1scc[s+]1. The molecule has 0 amide bonds. The van der Waals surface area contributed by atoms with E-state index in [4.69, 9.17) is 0 Å². The maximum Gasteiger partial charge on any atom is 0.251 e. The van der Waals surface area contributed by atoms with E-state index >= 15 is 0 Å². The third-order valence-electron chi connectivity index (χ3n) is 0.524. The first-order valence-corrected chi connectivity index (χ1v) is 3.47. The van der Waals surface area contributed by atoms with Crippen molar-refractivity contribution < 1.29 is 0 Å². The first-order valence-electron chi connectivity index (χ1n) is 1.71. The highest BCUT2D eigenvalue weighted by Gasteiger charge is 1.93. The summed E-state index contributed by atoms with van der Waals surface area (Å²) in [6.07, 6.45) is 0. The van der Waals surface area contributed by atoms with Crippen molar-refractivity contribution in [3.63, 3.8) is 0 Å². The van der Waals surface area contributed by atoms with Crippen LogP contribution in [0.5, 0.6) is 0 Å². The number of hydrogen-bond donors (Lipinski definition) is 0. The average Bonchev–Trinajstić information content (AvgIpc) is 1.86. The van der Waals surface area contributed by atoms with Crippen molar-refractivity contribution in [3.05, 3.63) is 15.0 Å². The molecule has 2 heteroatoms. The van der Waals surface area contributed by atoms with Gasteiger partial charge in [0.25, 0.3) is 4.19 Å². The zero-order valence-electron chi connectivity index (χ0n) is 3.47. The Morgan fingerprint density at radius 3 is 2.83 bits per heavy atom. The van der Waals surface area contributed by atoms with Gasteiger partial charge in [-0.1, -0.05) is 0 Å². The fraction of sp³-hybridized carbons (Fsp3) is 0.250. The van der Waals surface area contributed by atoms with Crippen LogP contribution in [0.2, 0.25) is 0 Å². The molecule has 0 aliphatic rings. The monoisotopic (exact) mass is 117 g/mol. The van der Waals surface area contributed by atoms with Crippen molar-refractivity contribution in [2.24, 2.45) is 0 Å². The second-order valence-electron chi connectivity index (χ2n) is 0.999. The normalized spacial score (nSPS) is 8.83. The Morgan fingerprint density at radius 1 is 1.83 bits per heavy atom. The molecule has 6 heavy (non-hydrogen) atoms. The molecule has 1 rings (SSSR count). The van der Waals surface area contributed by atoms with Gasteiger partial charge in [-0.15, -0.1) is 0 Å². The summed E-state index contributed by atoms with van der Waals surface area (Å²) in [5.41, 5.74) is 0. The van der Waals surface area contributed by atoms with Gasteiger partial charge in [0.2, 0.25) is 0 Å². The zero-order valence-corrected chi connectivity index (χ0v) is 5.10. The van der Waals surface area contributed by atoms with Crippen LogP contribution in [0.3, 0.4) is 0 Å². The highest BCUT2D eigenvalue weighted by atomic mass is 32.2. The number of rotatable bonds is 0. The van der Waals surface area contributed by atoms with Crippen LogP contribution in [0.25, 0.3) is 0 Å². The molecule has 0 radical (unpaired) electrons. The smallest absolute Gasteiger partial charge is 0.0233 e. The van der Waals surface area contributed by atoms with Crippen molar-refractivity contribution in [3.8, 4) is 0 Å². The van der Waals surface area contributed by atoms with Crippen molar-refractivity contribution in [1.82, 2.24) is 0 Å². The van der Waals surface area contributed by atoms with Gasteiger partial charge in [0.1, 0.15) is 10.8 Å². The van der Waals surface area contributed by atoms with Crippen LogP contribution in [-0.2, 0) is 0 Å². The molecule has 0 spiro atoms. The first kappa shape index (κ1) is 4.22. The third-order valence-corrected chi connectivity index (χ3v) is 2.48. The molecule has 1 aromatic rings. The molecule has 0 nitrogen and oxygen atoms in total. The van der Waals surface area contributed by atoms with E-state index in [9.17, 15) is 0 Å². The molecule has 0 bridgehead atoms. The van der Waals surface area contributed by atoms with E-state index in [0.29, 0.717) is 0 Å². The molecule has 32 valence electrons. The third kappa shape index (κ3) is 0.758. The molecular weight excluding hydrogens is 112 g/mol. The molecule has 0 unspecified atom stereocenters. The van der Waals surface area contributed by atoms with E-state index in [1.54, 1.807) is 22.7 Å². The van der Waals surface area contributed by atoms with Gasteiger partial charge in [0.15, 0.2) is 0 Å². The highest BCUT2D eigenvalue weighted by molar-refractivity contribution is 7.28. The summed E-state index contributed by atoms with van der Waals surface area (Å²) in [6.45, 7) is 2.12. The maximum atomic E-state index is 2.12. The Morgan fingerprint density at radius 2 is 2.67 bits per heavy atom. The lowest BCUT2D eigenvalue weighted by Crippen LogP contribution is -1.35. The minimum Gasteiger partial charge on any atom is 0.0233 e. The summed E-state index contributed by atoms with van der Waals surface area (Å²) in [5, 5.41) is 4.19. The molecule has 0 saturated heterocycles. The minimum atomic E-state index is 1.43. The van der Waals surface area contributed by atoms with Gasteiger partial charge in [-0.25, -0.2) is 0 Å². The topological polar surface area (TPSA) is 0 Å². The summed E-state index contributed by atoms with van der Waals surface area (Å²) in [6, 6.07) is 0. The molecule has 0 saturated carbocycles. The van der Waals surface area contributed by atoms with E-state index in [1.165, 1.54) is 4.19 Å². The van der Waals surface area contributed by atoms with Crippen molar-refractivity contribution >= 4 is 22.7 Å². The fourth-order valence-corrected chi connectivity index (χ4v) is 1.66. The first-order chi connectivity index (χ1) is 2.89. The summed E-state index contributed by atoms with van der Waals surface area (Å²) in [5.74, 6) is 0. The molecule has 0 aliphatic heterocycles. The second-order valence-corrected chi connectivity index (χ2v) is 3.50. The van der Waals surface area contributed by atoms with Gasteiger partial charge in [0, 0.05) is 6.92 Å². The van der Waals surface area contributed by atoms with Crippen LogP contribution in [0.1, 0.15) is 4.19 Å². The van der Waals surface area contributed by atoms with Gasteiger partial charge in [-0.2, -0.15) is 0 Å². The lowest BCUT2D eigenvalue weighted by Gasteiger charge is -1.47. The maximum absolute atomic E-state index is 2.12. The highest BCUT2D eigenvalue weighted by Crippen LogP contribution is 2.11. The Labute approximate surface area is 45.1 Å². The summed E-state index contributed by atoms with van der Waals surface area (Å²) < 4.78 is 1.43. The Bertz CT molecular complexity index is 109. The molecular formula is C4H5S2+. The predicted molar refractivity (Wildman–Crippen MR) is 31.3 cm³/mol. The molecule has 0 N–H and O–H groups in total. The van der Waals surface area contributed by atoms with Gasteiger partial charge in [-0.05, 0) is 0 Å². The van der Waals surface area contributed by atoms with Crippen LogP contribution in [0, 0.1) is 6.92 Å². The molecule has 1 aromatic heterocycles. The summed E-state index contributed by atoms with van der Waals surface area (Å²) >= 11 is 3.59. The largest absolute Gasteiger partial charge is 0.251 e. The molecule has 0 atom stereocenters. The standard InChI is InChI=1S/C4H5S2/c1-4-5-2-3-6-4/h2-3H,1H3/q+1. The zero-order chi connectivity index (χ0) is 4.41. The van der Waals surface area contributed by atoms with Gasteiger partial charge in [0.05, 0.1) is 22.7 Å². The van der Waals surface area contributed by atoms with Crippen LogP contribution in [-0.4, -0.2) is 0 Å². The van der Waals surface area contributed by atoms with E-state index in [-0.39, 0.29) is 0 Å². The lowest BCUT2D eigenvalue weighted by atomic mass is 11.0. The minimum absolute atomic E-state index is 1.43. The van der Waals surface area contributed by atoms with Gasteiger partial charge in [-0.3, -0.25) is 0 Å². The lowest BCUT2D eigenvalue weighted by molar-refractivity contribution is 1.77. The van der Waals surface area contributed by atoms with Gasteiger partial charge < -0.3 is 0 Å². The predicted octanol–water partition coefficient (Wildman–Crippen LogP) is 2.40. The molecule has 0 aromatic carbocycles. The fourth-order valence-electron chi connectivity index (χ4n) is 0.275. The van der Waals surface area contributed by atoms with E-state index in [1.807, 2.05) is 0 Å². The van der Waals surface area contributed by atoms with Crippen LogP contribution in [0.15, 0.2) is 10.8 Å². The Kier molecular flexibility index (Phi) is 1.17. The quantitative estimate of drug-likeness (QED) is 0.458. The average molecular weight is 117 g/mol. The Balaban J connectivity index is 3.05. The van der Waals surface area contributed by atoms with Crippen molar-refractivity contribution in [2.75, 3.05) is 0 Å². The second kappa shape index (κ2) is 1.67.